The third kappa shape index (κ3) is 5.88. The van der Waals surface area contributed by atoms with Gasteiger partial charge in [-0.1, -0.05) is 36.7 Å². The van der Waals surface area contributed by atoms with E-state index in [0.29, 0.717) is 47.3 Å². The molecule has 0 amide bonds. The molecule has 2 aliphatic rings. The van der Waals surface area contributed by atoms with Crippen molar-refractivity contribution in [3.63, 3.8) is 0 Å². The Balaban J connectivity index is 1.70. The highest BCUT2D eigenvalue weighted by molar-refractivity contribution is 7.99. The first-order valence-corrected chi connectivity index (χ1v) is 13.9. The number of ketones is 1. The predicted molar refractivity (Wildman–Crippen MR) is 148 cm³/mol. The maximum absolute atomic E-state index is 13.7. The molecule has 0 N–H and O–H groups in total. The van der Waals surface area contributed by atoms with Crippen LogP contribution in [-0.2, 0) is 14.3 Å². The minimum Gasteiger partial charge on any atom is -0.493 e. The second-order valence-electron chi connectivity index (χ2n) is 9.13. The molecule has 0 bridgehead atoms. The van der Waals surface area contributed by atoms with E-state index < -0.39 is 11.8 Å². The molecule has 196 valence electrons. The van der Waals surface area contributed by atoms with Gasteiger partial charge in [0.1, 0.15) is 12.5 Å². The molecule has 37 heavy (non-hydrogen) atoms. The number of esters is 1. The fraction of sp³-hybridized carbons (Fsp3) is 0.414. The summed E-state index contributed by atoms with van der Waals surface area (Å²) in [6, 6.07) is 13.1. The number of methoxy groups -OCH3 is 2. The van der Waals surface area contributed by atoms with Crippen LogP contribution in [-0.4, -0.2) is 49.8 Å². The van der Waals surface area contributed by atoms with Crippen molar-refractivity contribution in [1.82, 2.24) is 0 Å². The highest BCUT2D eigenvalue weighted by Gasteiger charge is 2.44. The van der Waals surface area contributed by atoms with Gasteiger partial charge in [0.25, 0.3) is 0 Å². The molecule has 1 unspecified atom stereocenters. The van der Waals surface area contributed by atoms with Crippen LogP contribution in [0, 0.1) is 5.92 Å². The number of hydrogen-bond acceptors (Lipinski definition) is 7. The first-order chi connectivity index (χ1) is 17.9. The number of rotatable bonds is 9. The number of Topliss-reactive ketones (excluding diaryl/α,β-unsaturated/α-hetero) is 1. The summed E-state index contributed by atoms with van der Waals surface area (Å²) in [6.45, 7) is 4.25. The van der Waals surface area contributed by atoms with E-state index in [1.54, 1.807) is 38.1 Å². The standard InChI is InChI=1S/C29H32ClNO5S/c1-5-37-13-12-36-29(33)26-17(2)31-22-14-20(19-8-11-24(34-3)25(16-19)35-4)15-23(32)28(22)27(26)18-6-9-21(30)10-7-18/h6-11,16,20,26-27H,5,12-15H2,1-4H3/t20-,26?,27-/m0/s1. The van der Waals surface area contributed by atoms with Gasteiger partial charge in [-0.2, -0.15) is 11.8 Å². The topological polar surface area (TPSA) is 74.2 Å². The molecular weight excluding hydrogens is 510 g/mol. The maximum atomic E-state index is 13.7. The quantitative estimate of drug-likeness (QED) is 0.277. The number of carbonyl (C=O) groups excluding carboxylic acids is 2. The van der Waals surface area contributed by atoms with Crippen molar-refractivity contribution in [3.8, 4) is 11.5 Å². The molecule has 0 aromatic heterocycles. The average molecular weight is 542 g/mol. The number of nitrogens with zero attached hydrogens (tertiary/aromatic N) is 1. The van der Waals surface area contributed by atoms with Crippen LogP contribution in [0.2, 0.25) is 5.02 Å². The second kappa shape index (κ2) is 12.2. The van der Waals surface area contributed by atoms with Crippen molar-refractivity contribution in [1.29, 1.82) is 0 Å². The van der Waals surface area contributed by atoms with Gasteiger partial charge in [-0.05, 0) is 60.4 Å². The lowest BCUT2D eigenvalue weighted by molar-refractivity contribution is -0.145. The van der Waals surface area contributed by atoms with E-state index in [4.69, 9.17) is 30.8 Å². The van der Waals surface area contributed by atoms with E-state index in [1.165, 1.54) is 0 Å². The molecule has 0 spiro atoms. The summed E-state index contributed by atoms with van der Waals surface area (Å²) in [5.74, 6) is 1.43. The Hall–Kier alpha value is -2.77. The number of carbonyl (C=O) groups is 2. The largest absolute Gasteiger partial charge is 0.493 e. The SMILES string of the molecule is CCSCCOC(=O)C1C(C)=NC2=C(C(=O)C[C@@H](c3ccc(OC)c(OC)c3)C2)[C@H]1c1ccc(Cl)cc1. The molecule has 1 aliphatic heterocycles. The summed E-state index contributed by atoms with van der Waals surface area (Å²) in [7, 11) is 3.19. The fourth-order valence-corrected chi connectivity index (χ4v) is 5.79. The Morgan fingerprint density at radius 1 is 1.05 bits per heavy atom. The molecule has 0 radical (unpaired) electrons. The highest BCUT2D eigenvalue weighted by Crippen LogP contribution is 2.47. The van der Waals surface area contributed by atoms with E-state index in [2.05, 4.69) is 6.92 Å². The number of ether oxygens (including phenoxy) is 3. The average Bonchev–Trinajstić information content (AvgIpc) is 2.90. The number of allylic oxidation sites excluding steroid dienone is 2. The van der Waals surface area contributed by atoms with E-state index in [9.17, 15) is 9.59 Å². The summed E-state index contributed by atoms with van der Waals surface area (Å²) in [6.07, 6.45) is 0.911. The van der Waals surface area contributed by atoms with Gasteiger partial charge >= 0.3 is 5.97 Å². The zero-order chi connectivity index (χ0) is 26.5. The van der Waals surface area contributed by atoms with Crippen molar-refractivity contribution in [2.45, 2.75) is 38.5 Å². The van der Waals surface area contributed by atoms with E-state index in [0.717, 1.165) is 28.3 Å². The van der Waals surface area contributed by atoms with Crippen LogP contribution in [0.4, 0.5) is 0 Å². The lowest BCUT2D eigenvalue weighted by Gasteiger charge is -2.36. The number of benzene rings is 2. The molecule has 0 fully saturated rings. The first-order valence-electron chi connectivity index (χ1n) is 12.4. The monoisotopic (exact) mass is 541 g/mol. The normalized spacial score (nSPS) is 21.3. The molecule has 3 atom stereocenters. The van der Waals surface area contributed by atoms with Gasteiger partial charge in [0.15, 0.2) is 17.3 Å². The van der Waals surface area contributed by atoms with Gasteiger partial charge in [0, 0.05) is 40.1 Å². The van der Waals surface area contributed by atoms with Gasteiger partial charge in [0.2, 0.25) is 0 Å². The number of aliphatic imine (C=N–C) groups is 1. The Labute approximate surface area is 227 Å². The Kier molecular flexibility index (Phi) is 8.98. The molecular formula is C29H32ClNO5S. The molecule has 6 nitrogen and oxygen atoms in total. The van der Waals surface area contributed by atoms with Gasteiger partial charge in [0.05, 0.1) is 14.2 Å². The van der Waals surface area contributed by atoms with Crippen LogP contribution in [0.25, 0.3) is 0 Å². The van der Waals surface area contributed by atoms with Crippen molar-refractivity contribution in [3.05, 3.63) is 69.9 Å². The molecule has 1 heterocycles. The summed E-state index contributed by atoms with van der Waals surface area (Å²) in [4.78, 5) is 31.9. The van der Waals surface area contributed by atoms with Crippen LogP contribution in [0.5, 0.6) is 11.5 Å². The molecule has 8 heteroatoms. The fourth-order valence-electron chi connectivity index (χ4n) is 5.17. The molecule has 4 rings (SSSR count). The second-order valence-corrected chi connectivity index (χ2v) is 11.0. The van der Waals surface area contributed by atoms with Crippen LogP contribution >= 0.6 is 23.4 Å². The summed E-state index contributed by atoms with van der Waals surface area (Å²) >= 11 is 7.88. The van der Waals surface area contributed by atoms with Crippen LogP contribution < -0.4 is 9.47 Å². The predicted octanol–water partition coefficient (Wildman–Crippen LogP) is 6.23. The number of thioether (sulfide) groups is 1. The van der Waals surface area contributed by atoms with Crippen molar-refractivity contribution < 1.29 is 23.8 Å². The number of hydrogen-bond donors (Lipinski definition) is 0. The van der Waals surface area contributed by atoms with Gasteiger partial charge in [-0.25, -0.2) is 0 Å². The van der Waals surface area contributed by atoms with Crippen molar-refractivity contribution >= 4 is 40.8 Å². The van der Waals surface area contributed by atoms with Gasteiger partial charge < -0.3 is 14.2 Å². The molecule has 0 saturated carbocycles. The molecule has 2 aromatic rings. The molecule has 2 aromatic carbocycles. The van der Waals surface area contributed by atoms with E-state index in [1.807, 2.05) is 37.3 Å². The zero-order valence-corrected chi connectivity index (χ0v) is 23.2. The van der Waals surface area contributed by atoms with Crippen LogP contribution in [0.1, 0.15) is 49.7 Å². The van der Waals surface area contributed by atoms with Gasteiger partial charge in [-0.15, -0.1) is 0 Å². The third-order valence-electron chi connectivity index (χ3n) is 6.93. The molecule has 1 aliphatic carbocycles. The Morgan fingerprint density at radius 2 is 1.76 bits per heavy atom. The lowest BCUT2D eigenvalue weighted by atomic mass is 9.69. The summed E-state index contributed by atoms with van der Waals surface area (Å²) < 4.78 is 16.5. The number of halogens is 1. The van der Waals surface area contributed by atoms with Gasteiger partial charge in [-0.3, -0.25) is 14.6 Å². The smallest absolute Gasteiger partial charge is 0.315 e. The molecule has 0 saturated heterocycles. The van der Waals surface area contributed by atoms with E-state index in [-0.39, 0.29) is 17.7 Å². The maximum Gasteiger partial charge on any atom is 0.315 e. The Morgan fingerprint density at radius 3 is 2.43 bits per heavy atom. The summed E-state index contributed by atoms with van der Waals surface area (Å²) in [5, 5.41) is 0.596. The minimum absolute atomic E-state index is 0.00317. The third-order valence-corrected chi connectivity index (χ3v) is 8.04. The lowest BCUT2D eigenvalue weighted by Crippen LogP contribution is -2.38. The highest BCUT2D eigenvalue weighted by atomic mass is 35.5. The van der Waals surface area contributed by atoms with E-state index >= 15 is 0 Å². The minimum atomic E-state index is -0.659. The van der Waals surface area contributed by atoms with Crippen molar-refractivity contribution in [2.24, 2.45) is 10.9 Å². The van der Waals surface area contributed by atoms with Crippen LogP contribution in [0.3, 0.4) is 0 Å². The van der Waals surface area contributed by atoms with Crippen LogP contribution in [0.15, 0.2) is 58.7 Å². The zero-order valence-electron chi connectivity index (χ0n) is 21.6. The summed E-state index contributed by atoms with van der Waals surface area (Å²) in [5.41, 5.74) is 3.85. The van der Waals surface area contributed by atoms with Crippen molar-refractivity contribution in [2.75, 3.05) is 32.3 Å². The first kappa shape index (κ1) is 27.3. The Bertz CT molecular complexity index is 1220.